The van der Waals surface area contributed by atoms with Crippen LogP contribution in [0, 0.1) is 18.8 Å². The largest absolute Gasteiger partial charge is 0.324 e. The summed E-state index contributed by atoms with van der Waals surface area (Å²) in [5.41, 5.74) is 1.79. The quantitative estimate of drug-likeness (QED) is 0.893. The minimum atomic E-state index is 0. The van der Waals surface area contributed by atoms with Crippen molar-refractivity contribution >= 4 is 35.6 Å². The Balaban J connectivity index is 0.00000161. The van der Waals surface area contributed by atoms with Gasteiger partial charge >= 0.3 is 0 Å². The van der Waals surface area contributed by atoms with Crippen molar-refractivity contribution in [3.8, 4) is 0 Å². The molecule has 0 bridgehead atoms. The van der Waals surface area contributed by atoms with Gasteiger partial charge in [0.15, 0.2) is 0 Å². The maximum atomic E-state index is 12.1. The second-order valence-electron chi connectivity index (χ2n) is 5.90. The molecule has 116 valence electrons. The second-order valence-corrected chi connectivity index (χ2v) is 6.31. The van der Waals surface area contributed by atoms with E-state index in [0.717, 1.165) is 31.7 Å². The molecule has 0 aliphatic carbocycles. The van der Waals surface area contributed by atoms with E-state index in [2.05, 4.69) is 15.5 Å². The molecule has 2 saturated heterocycles. The Morgan fingerprint density at radius 1 is 1.38 bits per heavy atom. The molecule has 2 aliphatic rings. The predicted molar refractivity (Wildman–Crippen MR) is 88.4 cm³/mol. The number of nitrogens with zero attached hydrogens (tertiary/aromatic N) is 1. The first-order chi connectivity index (χ1) is 9.61. The van der Waals surface area contributed by atoms with E-state index in [1.165, 1.54) is 0 Å². The highest BCUT2D eigenvalue weighted by molar-refractivity contribution is 6.33. The van der Waals surface area contributed by atoms with Gasteiger partial charge in [-0.25, -0.2) is 0 Å². The normalized spacial score (nSPS) is 24.5. The third-order valence-corrected chi connectivity index (χ3v) is 4.54. The number of aryl methyl sites for hydroxylation is 1. The Kier molecular flexibility index (Phi) is 5.49. The van der Waals surface area contributed by atoms with E-state index in [0.29, 0.717) is 29.1 Å². The van der Waals surface area contributed by atoms with Crippen LogP contribution in [-0.2, 0) is 4.79 Å². The Hall–Kier alpha value is -0.810. The summed E-state index contributed by atoms with van der Waals surface area (Å²) in [5.74, 6) is 1.44. The molecule has 4 nitrogen and oxygen atoms in total. The number of carbonyl (C=O) groups excluding carboxylic acids is 1. The zero-order valence-electron chi connectivity index (χ0n) is 12.1. The van der Waals surface area contributed by atoms with Gasteiger partial charge in [0.25, 0.3) is 0 Å². The van der Waals surface area contributed by atoms with Crippen molar-refractivity contribution in [3.05, 3.63) is 28.8 Å². The van der Waals surface area contributed by atoms with Gasteiger partial charge in [-0.2, -0.15) is 0 Å². The molecule has 0 radical (unpaired) electrons. The van der Waals surface area contributed by atoms with E-state index >= 15 is 0 Å². The molecule has 2 atom stereocenters. The maximum Gasteiger partial charge on any atom is 0.238 e. The number of amides is 1. The van der Waals surface area contributed by atoms with Crippen LogP contribution in [-0.4, -0.2) is 43.5 Å². The summed E-state index contributed by atoms with van der Waals surface area (Å²) < 4.78 is 0. The molecule has 1 aromatic carbocycles. The fourth-order valence-electron chi connectivity index (χ4n) is 3.20. The molecule has 2 heterocycles. The number of hydrogen-bond acceptors (Lipinski definition) is 3. The lowest BCUT2D eigenvalue weighted by Crippen LogP contribution is -2.33. The van der Waals surface area contributed by atoms with Crippen LogP contribution in [0.5, 0.6) is 0 Å². The third-order valence-electron chi connectivity index (χ3n) is 4.23. The number of halogens is 2. The monoisotopic (exact) mass is 329 g/mol. The molecule has 0 unspecified atom stereocenters. The van der Waals surface area contributed by atoms with Gasteiger partial charge in [-0.15, -0.1) is 12.4 Å². The number of hydrogen-bond donors (Lipinski definition) is 2. The van der Waals surface area contributed by atoms with Crippen LogP contribution < -0.4 is 10.6 Å². The highest BCUT2D eigenvalue weighted by atomic mass is 35.5. The van der Waals surface area contributed by atoms with E-state index in [4.69, 9.17) is 11.6 Å². The van der Waals surface area contributed by atoms with Crippen LogP contribution >= 0.6 is 24.0 Å². The zero-order chi connectivity index (χ0) is 14.1. The summed E-state index contributed by atoms with van der Waals surface area (Å²) in [6.45, 7) is 6.66. The molecule has 2 N–H and O–H groups in total. The first-order valence-electron chi connectivity index (χ1n) is 7.11. The number of nitrogens with one attached hydrogen (secondary N) is 2. The maximum absolute atomic E-state index is 12.1. The van der Waals surface area contributed by atoms with Crippen LogP contribution in [0.2, 0.25) is 5.02 Å². The summed E-state index contributed by atoms with van der Waals surface area (Å²) in [5, 5.41) is 6.91. The number of anilines is 1. The first-order valence-corrected chi connectivity index (χ1v) is 7.48. The Morgan fingerprint density at radius 2 is 2.05 bits per heavy atom. The molecule has 2 aliphatic heterocycles. The molecule has 0 spiro atoms. The molecule has 1 amide bonds. The van der Waals surface area contributed by atoms with Gasteiger partial charge in [0.2, 0.25) is 5.91 Å². The summed E-state index contributed by atoms with van der Waals surface area (Å²) in [6, 6.07) is 5.68. The van der Waals surface area contributed by atoms with E-state index < -0.39 is 0 Å². The van der Waals surface area contributed by atoms with Crippen molar-refractivity contribution in [2.75, 3.05) is 38.0 Å². The first kappa shape index (κ1) is 16.6. The van der Waals surface area contributed by atoms with E-state index in [9.17, 15) is 4.79 Å². The summed E-state index contributed by atoms with van der Waals surface area (Å²) in [7, 11) is 0. The molecule has 1 aromatic rings. The van der Waals surface area contributed by atoms with Crippen LogP contribution in [0.4, 0.5) is 5.69 Å². The van der Waals surface area contributed by atoms with Gasteiger partial charge in [0, 0.05) is 13.1 Å². The Bertz CT molecular complexity index is 512. The lowest BCUT2D eigenvalue weighted by molar-refractivity contribution is -0.117. The average molecular weight is 330 g/mol. The molecular formula is C15H21Cl2N3O. The Morgan fingerprint density at radius 3 is 2.67 bits per heavy atom. The molecule has 3 rings (SSSR count). The van der Waals surface area contributed by atoms with Crippen molar-refractivity contribution < 1.29 is 4.79 Å². The minimum absolute atomic E-state index is 0. The molecule has 21 heavy (non-hydrogen) atoms. The Labute approximate surface area is 136 Å². The lowest BCUT2D eigenvalue weighted by atomic mass is 10.0. The third kappa shape index (κ3) is 3.89. The molecule has 2 fully saturated rings. The fourth-order valence-corrected chi connectivity index (χ4v) is 3.48. The van der Waals surface area contributed by atoms with Gasteiger partial charge in [-0.1, -0.05) is 17.7 Å². The number of fused-ring (bicyclic) bond motifs is 1. The van der Waals surface area contributed by atoms with Crippen LogP contribution in [0.15, 0.2) is 18.2 Å². The van der Waals surface area contributed by atoms with Crippen LogP contribution in [0.25, 0.3) is 0 Å². The summed E-state index contributed by atoms with van der Waals surface area (Å²) in [4.78, 5) is 14.3. The predicted octanol–water partition coefficient (Wildman–Crippen LogP) is 2.16. The SMILES string of the molecule is Cc1ccc(NC(=O)CN2C[C@H]3CNC[C@H]3C2)c(Cl)c1.Cl. The van der Waals surface area contributed by atoms with Crippen molar-refractivity contribution in [2.45, 2.75) is 6.92 Å². The van der Waals surface area contributed by atoms with E-state index in [1.807, 2.05) is 25.1 Å². The van der Waals surface area contributed by atoms with Crippen LogP contribution in [0.1, 0.15) is 5.56 Å². The zero-order valence-corrected chi connectivity index (χ0v) is 13.6. The second kappa shape index (κ2) is 6.97. The summed E-state index contributed by atoms with van der Waals surface area (Å²) >= 11 is 6.13. The van der Waals surface area contributed by atoms with Crippen molar-refractivity contribution in [3.63, 3.8) is 0 Å². The van der Waals surface area contributed by atoms with Gasteiger partial charge in [-0.3, -0.25) is 9.69 Å². The van der Waals surface area contributed by atoms with Crippen molar-refractivity contribution in [2.24, 2.45) is 11.8 Å². The van der Waals surface area contributed by atoms with Gasteiger partial charge in [0.1, 0.15) is 0 Å². The van der Waals surface area contributed by atoms with Crippen molar-refractivity contribution in [1.82, 2.24) is 10.2 Å². The van der Waals surface area contributed by atoms with E-state index in [1.54, 1.807) is 0 Å². The average Bonchev–Trinajstić information content (AvgIpc) is 2.93. The van der Waals surface area contributed by atoms with Crippen LogP contribution in [0.3, 0.4) is 0 Å². The van der Waals surface area contributed by atoms with Gasteiger partial charge < -0.3 is 10.6 Å². The smallest absolute Gasteiger partial charge is 0.238 e. The minimum Gasteiger partial charge on any atom is -0.324 e. The molecule has 0 saturated carbocycles. The number of benzene rings is 1. The molecule has 0 aromatic heterocycles. The topological polar surface area (TPSA) is 44.4 Å². The molecule has 6 heteroatoms. The lowest BCUT2D eigenvalue weighted by Gasteiger charge is -2.16. The van der Waals surface area contributed by atoms with Gasteiger partial charge in [-0.05, 0) is 49.5 Å². The number of carbonyl (C=O) groups is 1. The molecular weight excluding hydrogens is 309 g/mol. The highest BCUT2D eigenvalue weighted by Gasteiger charge is 2.36. The summed E-state index contributed by atoms with van der Waals surface area (Å²) in [6.07, 6.45) is 0. The highest BCUT2D eigenvalue weighted by Crippen LogP contribution is 2.26. The van der Waals surface area contributed by atoms with Crippen molar-refractivity contribution in [1.29, 1.82) is 0 Å². The number of rotatable bonds is 3. The number of likely N-dealkylation sites (tertiary alicyclic amines) is 1. The van der Waals surface area contributed by atoms with Gasteiger partial charge in [0.05, 0.1) is 17.3 Å². The fraction of sp³-hybridized carbons (Fsp3) is 0.533. The standard InChI is InChI=1S/C15H20ClN3O.ClH/c1-10-2-3-14(13(16)4-10)18-15(20)9-19-7-11-5-17-6-12(11)8-19;/h2-4,11-12,17H,5-9H2,1H3,(H,18,20);1H/t11-,12+;. The van der Waals surface area contributed by atoms with E-state index in [-0.39, 0.29) is 18.3 Å².